The number of hydrogen-bond donors (Lipinski definition) is 0. The maximum absolute atomic E-state index is 12.5. The zero-order valence-electron chi connectivity index (χ0n) is 13.4. The van der Waals surface area contributed by atoms with Crippen LogP contribution in [0, 0.1) is 21.4 Å². The fourth-order valence-electron chi connectivity index (χ4n) is 2.94. The molecule has 0 bridgehead atoms. The van der Waals surface area contributed by atoms with Gasteiger partial charge in [0, 0.05) is 37.6 Å². The van der Waals surface area contributed by atoms with Gasteiger partial charge in [0.05, 0.1) is 22.1 Å². The van der Waals surface area contributed by atoms with Crippen molar-refractivity contribution in [2.75, 3.05) is 31.1 Å². The zero-order chi connectivity index (χ0) is 17.8. The molecular formula is C17H16N4O3S. The van der Waals surface area contributed by atoms with E-state index in [1.54, 1.807) is 23.1 Å². The minimum atomic E-state index is -0.463. The molecule has 1 amide bonds. The van der Waals surface area contributed by atoms with Gasteiger partial charge in [-0.25, -0.2) is 0 Å². The third-order valence-electron chi connectivity index (χ3n) is 4.19. The van der Waals surface area contributed by atoms with Crippen LogP contribution in [-0.2, 0) is 0 Å². The first kappa shape index (κ1) is 16.9. The highest BCUT2D eigenvalue weighted by atomic mass is 32.1. The summed E-state index contributed by atoms with van der Waals surface area (Å²) in [6.45, 7) is 2.27. The molecule has 2 heterocycles. The van der Waals surface area contributed by atoms with Gasteiger partial charge in [0.1, 0.15) is 5.69 Å². The summed E-state index contributed by atoms with van der Waals surface area (Å²) >= 11 is 1.48. The maximum atomic E-state index is 12.5. The first-order chi connectivity index (χ1) is 12.1. The second kappa shape index (κ2) is 7.32. The Bertz CT molecular complexity index is 829. The second-order valence-corrected chi connectivity index (χ2v) is 6.50. The van der Waals surface area contributed by atoms with Crippen molar-refractivity contribution in [3.05, 3.63) is 56.3 Å². The Morgan fingerprint density at radius 2 is 2.08 bits per heavy atom. The van der Waals surface area contributed by atoms with Gasteiger partial charge in [0.2, 0.25) is 0 Å². The summed E-state index contributed by atoms with van der Waals surface area (Å²) in [4.78, 5) is 27.1. The Morgan fingerprint density at radius 1 is 1.24 bits per heavy atom. The molecule has 25 heavy (non-hydrogen) atoms. The van der Waals surface area contributed by atoms with E-state index in [4.69, 9.17) is 5.26 Å². The van der Waals surface area contributed by atoms with Crippen molar-refractivity contribution in [2.45, 2.75) is 6.42 Å². The number of hydrogen-bond acceptors (Lipinski definition) is 6. The minimum absolute atomic E-state index is 0.00238. The van der Waals surface area contributed by atoms with Crippen LogP contribution in [-0.4, -0.2) is 41.9 Å². The monoisotopic (exact) mass is 356 g/mol. The molecule has 1 aliphatic heterocycles. The zero-order valence-corrected chi connectivity index (χ0v) is 14.2. The fraction of sp³-hybridized carbons (Fsp3) is 0.294. The molecule has 0 N–H and O–H groups in total. The molecule has 0 spiro atoms. The Hall–Kier alpha value is -2.92. The molecule has 1 saturated heterocycles. The average Bonchev–Trinajstić information content (AvgIpc) is 3.05. The molecule has 1 aliphatic rings. The van der Waals surface area contributed by atoms with Crippen molar-refractivity contribution in [2.24, 2.45) is 0 Å². The lowest BCUT2D eigenvalue weighted by molar-refractivity contribution is -0.384. The highest BCUT2D eigenvalue weighted by molar-refractivity contribution is 7.08. The van der Waals surface area contributed by atoms with Gasteiger partial charge in [-0.1, -0.05) is 0 Å². The molecule has 128 valence electrons. The van der Waals surface area contributed by atoms with Crippen LogP contribution in [0.1, 0.15) is 22.3 Å². The van der Waals surface area contributed by atoms with E-state index in [9.17, 15) is 14.9 Å². The lowest BCUT2D eigenvalue weighted by Gasteiger charge is -2.23. The van der Waals surface area contributed by atoms with Crippen LogP contribution in [0.2, 0.25) is 0 Å². The number of carbonyl (C=O) groups excluding carboxylic acids is 1. The van der Waals surface area contributed by atoms with Crippen LogP contribution in [0.25, 0.3) is 0 Å². The van der Waals surface area contributed by atoms with Gasteiger partial charge in [0.15, 0.2) is 0 Å². The molecule has 0 saturated carbocycles. The lowest BCUT2D eigenvalue weighted by Crippen LogP contribution is -2.35. The van der Waals surface area contributed by atoms with E-state index in [0.29, 0.717) is 37.4 Å². The summed E-state index contributed by atoms with van der Waals surface area (Å²) in [5.41, 5.74) is 1.37. The van der Waals surface area contributed by atoms with Crippen LogP contribution in [0.4, 0.5) is 11.4 Å². The smallest absolute Gasteiger partial charge is 0.293 e. The number of nitro groups is 1. The number of benzene rings is 1. The number of nitro benzene ring substituents is 1. The van der Waals surface area contributed by atoms with E-state index in [2.05, 4.69) is 0 Å². The van der Waals surface area contributed by atoms with Gasteiger partial charge < -0.3 is 9.80 Å². The lowest BCUT2D eigenvalue weighted by atomic mass is 10.1. The van der Waals surface area contributed by atoms with Crippen LogP contribution in [0.15, 0.2) is 35.0 Å². The third-order valence-corrected chi connectivity index (χ3v) is 4.88. The van der Waals surface area contributed by atoms with Gasteiger partial charge in [-0.2, -0.15) is 16.6 Å². The number of carbonyl (C=O) groups is 1. The Morgan fingerprint density at radius 3 is 2.76 bits per heavy atom. The predicted molar refractivity (Wildman–Crippen MR) is 94.9 cm³/mol. The van der Waals surface area contributed by atoms with Gasteiger partial charge >= 0.3 is 0 Å². The number of nitrogens with zero attached hydrogens (tertiary/aromatic N) is 4. The van der Waals surface area contributed by atoms with Gasteiger partial charge in [-0.15, -0.1) is 0 Å². The topological polar surface area (TPSA) is 90.5 Å². The fourth-order valence-corrected chi connectivity index (χ4v) is 3.57. The van der Waals surface area contributed by atoms with E-state index in [-0.39, 0.29) is 17.2 Å². The van der Waals surface area contributed by atoms with E-state index >= 15 is 0 Å². The molecule has 8 heteroatoms. The van der Waals surface area contributed by atoms with Gasteiger partial charge in [0.25, 0.3) is 11.6 Å². The average molecular weight is 356 g/mol. The summed E-state index contributed by atoms with van der Waals surface area (Å²) in [5.74, 6) is -0.00238. The molecule has 0 atom stereocenters. The Balaban J connectivity index is 1.79. The van der Waals surface area contributed by atoms with Crippen molar-refractivity contribution in [3.8, 4) is 6.07 Å². The first-order valence-corrected chi connectivity index (χ1v) is 8.79. The quantitative estimate of drug-likeness (QED) is 0.623. The van der Waals surface area contributed by atoms with E-state index in [0.717, 1.165) is 6.42 Å². The van der Waals surface area contributed by atoms with Crippen molar-refractivity contribution >= 4 is 28.6 Å². The molecule has 1 fully saturated rings. The molecule has 1 aromatic carbocycles. The van der Waals surface area contributed by atoms with Crippen LogP contribution in [0.3, 0.4) is 0 Å². The predicted octanol–water partition coefficient (Wildman–Crippen LogP) is 2.88. The Labute approximate surface area is 148 Å². The van der Waals surface area contributed by atoms with Crippen LogP contribution >= 0.6 is 11.3 Å². The minimum Gasteiger partial charge on any atom is -0.364 e. The van der Waals surface area contributed by atoms with Gasteiger partial charge in [-0.3, -0.25) is 14.9 Å². The summed E-state index contributed by atoms with van der Waals surface area (Å²) in [5, 5.41) is 24.0. The standard InChI is InChI=1S/C17H16N4O3S/c18-11-13-2-3-15(16(10-13)21(23)24)19-5-1-6-20(8-7-19)17(22)14-4-9-25-12-14/h2-4,9-10,12H,1,5-8H2. The molecule has 7 nitrogen and oxygen atoms in total. The number of thiophene rings is 1. The van der Waals surface area contributed by atoms with E-state index in [1.165, 1.54) is 17.4 Å². The molecular weight excluding hydrogens is 340 g/mol. The first-order valence-electron chi connectivity index (χ1n) is 7.85. The normalized spacial score (nSPS) is 14.7. The molecule has 3 rings (SSSR count). The summed E-state index contributed by atoms with van der Waals surface area (Å²) in [7, 11) is 0. The second-order valence-electron chi connectivity index (χ2n) is 5.72. The number of amides is 1. The molecule has 1 aromatic heterocycles. The van der Waals surface area contributed by atoms with Crippen molar-refractivity contribution < 1.29 is 9.72 Å². The Kier molecular flexibility index (Phi) is 4.95. The summed E-state index contributed by atoms with van der Waals surface area (Å²) in [6.07, 6.45) is 0.729. The largest absolute Gasteiger partial charge is 0.364 e. The number of anilines is 1. The van der Waals surface area contributed by atoms with Crippen LogP contribution in [0.5, 0.6) is 0 Å². The van der Waals surface area contributed by atoms with Crippen LogP contribution < -0.4 is 4.90 Å². The number of nitriles is 1. The molecule has 0 radical (unpaired) electrons. The van der Waals surface area contributed by atoms with Gasteiger partial charge in [-0.05, 0) is 30.0 Å². The van der Waals surface area contributed by atoms with Crippen molar-refractivity contribution in [3.63, 3.8) is 0 Å². The summed E-state index contributed by atoms with van der Waals surface area (Å²) < 4.78 is 0. The molecule has 2 aromatic rings. The highest BCUT2D eigenvalue weighted by Crippen LogP contribution is 2.30. The highest BCUT2D eigenvalue weighted by Gasteiger charge is 2.25. The number of rotatable bonds is 3. The maximum Gasteiger partial charge on any atom is 0.293 e. The summed E-state index contributed by atoms with van der Waals surface area (Å²) in [6, 6.07) is 8.24. The van der Waals surface area contributed by atoms with Crippen molar-refractivity contribution in [1.29, 1.82) is 5.26 Å². The third kappa shape index (κ3) is 3.61. The molecule has 0 unspecified atom stereocenters. The SMILES string of the molecule is N#Cc1ccc(N2CCCN(C(=O)c3ccsc3)CC2)c([N+](=O)[O-])c1. The van der Waals surface area contributed by atoms with Crippen molar-refractivity contribution in [1.82, 2.24) is 4.90 Å². The van der Waals surface area contributed by atoms with E-state index in [1.807, 2.05) is 21.7 Å². The molecule has 0 aliphatic carbocycles. The van der Waals surface area contributed by atoms with E-state index < -0.39 is 4.92 Å².